The van der Waals surface area contributed by atoms with Gasteiger partial charge in [-0.05, 0) is 118 Å². The first-order chi connectivity index (χ1) is 30.5. The van der Waals surface area contributed by atoms with Crippen molar-refractivity contribution in [1.82, 2.24) is 9.38 Å². The van der Waals surface area contributed by atoms with E-state index in [9.17, 15) is 0 Å². The summed E-state index contributed by atoms with van der Waals surface area (Å²) in [6.07, 6.45) is 0. The van der Waals surface area contributed by atoms with Crippen molar-refractivity contribution in [3.63, 3.8) is 0 Å². The number of aromatic nitrogens is 2. The van der Waals surface area contributed by atoms with Gasteiger partial charge in [0.15, 0.2) is 28.0 Å². The van der Waals surface area contributed by atoms with Gasteiger partial charge in [0.2, 0.25) is 0 Å². The summed E-state index contributed by atoms with van der Waals surface area (Å²) in [5.41, 5.74) is 10.2. The second-order valence-electron chi connectivity index (χ2n) is 18.4. The number of para-hydroxylation sites is 5. The van der Waals surface area contributed by atoms with Gasteiger partial charge in [0, 0.05) is 30.7 Å². The van der Waals surface area contributed by atoms with E-state index in [1.165, 1.54) is 52.1 Å². The summed E-state index contributed by atoms with van der Waals surface area (Å²) < 4.78 is 16.8. The third-order valence-electron chi connectivity index (χ3n) is 12.3. The monoisotopic (exact) mass is 856 g/mol. The van der Waals surface area contributed by atoms with Gasteiger partial charge in [-0.1, -0.05) is 150 Å². The number of nitrogens with zero attached hydrogens (tertiary/aromatic N) is 2. The molecule has 4 nitrogen and oxygen atoms in total. The molecular formula is C57H48N2O2S2. The number of rotatable bonds is 6. The van der Waals surface area contributed by atoms with Crippen LogP contribution in [0.3, 0.4) is 0 Å². The molecule has 0 N–H and O–H groups in total. The van der Waals surface area contributed by atoms with E-state index in [-0.39, 0.29) is 10.8 Å². The van der Waals surface area contributed by atoms with Gasteiger partial charge in [-0.15, -0.1) is 10.0 Å². The molecule has 3 heterocycles. The number of hydrogen-bond donors (Lipinski definition) is 0. The second-order valence-corrected chi connectivity index (χ2v) is 22.5. The van der Waals surface area contributed by atoms with E-state index in [1.54, 1.807) is 11.3 Å². The number of imidazole rings is 1. The van der Waals surface area contributed by atoms with Gasteiger partial charge in [-0.25, -0.2) is 4.98 Å². The molecule has 11 rings (SSSR count). The van der Waals surface area contributed by atoms with Crippen LogP contribution in [0, 0.1) is 0 Å². The van der Waals surface area contributed by atoms with Crippen LogP contribution in [0.15, 0.2) is 202 Å². The van der Waals surface area contributed by atoms with E-state index >= 15 is 0 Å². The van der Waals surface area contributed by atoms with Gasteiger partial charge in [0.05, 0.1) is 21.3 Å². The molecule has 0 bridgehead atoms. The molecule has 0 unspecified atom stereocenters. The van der Waals surface area contributed by atoms with Crippen molar-refractivity contribution in [3.05, 3.63) is 193 Å². The van der Waals surface area contributed by atoms with Crippen LogP contribution >= 0.6 is 21.4 Å². The van der Waals surface area contributed by atoms with Gasteiger partial charge in [0.25, 0.3) is 0 Å². The van der Waals surface area contributed by atoms with Crippen molar-refractivity contribution < 1.29 is 9.47 Å². The largest absolute Gasteiger partial charge is 0.449 e. The van der Waals surface area contributed by atoms with Crippen LogP contribution in [0.2, 0.25) is 0 Å². The highest BCUT2D eigenvalue weighted by atomic mass is 32.3. The lowest BCUT2D eigenvalue weighted by atomic mass is 9.81. The molecule has 63 heavy (non-hydrogen) atoms. The Morgan fingerprint density at radius 2 is 0.952 bits per heavy atom. The van der Waals surface area contributed by atoms with Crippen LogP contribution in [-0.2, 0) is 10.8 Å². The summed E-state index contributed by atoms with van der Waals surface area (Å²) in [4.78, 5) is 11.1. The molecule has 310 valence electrons. The maximum atomic E-state index is 6.77. The number of ether oxygens (including phenoxy) is 2. The maximum Gasteiger partial charge on any atom is 0.195 e. The third-order valence-corrected chi connectivity index (χ3v) is 17.3. The van der Waals surface area contributed by atoms with Crippen molar-refractivity contribution in [1.29, 1.82) is 0 Å². The van der Waals surface area contributed by atoms with Crippen molar-refractivity contribution >= 4 is 47.6 Å². The molecular weight excluding hydrogens is 809 g/mol. The summed E-state index contributed by atoms with van der Waals surface area (Å²) in [6.45, 7) is 13.9. The van der Waals surface area contributed by atoms with Gasteiger partial charge in [-0.2, -0.15) is 0 Å². The van der Waals surface area contributed by atoms with E-state index in [4.69, 9.17) is 14.5 Å². The first kappa shape index (κ1) is 39.3. The Balaban J connectivity index is 1.21. The van der Waals surface area contributed by atoms with Crippen LogP contribution in [-0.4, -0.2) is 9.38 Å². The quantitative estimate of drug-likeness (QED) is 0.167. The number of thiazole rings is 1. The average Bonchev–Trinajstić information content (AvgIpc) is 3.85. The summed E-state index contributed by atoms with van der Waals surface area (Å²) in [5, 5.41) is 0. The summed E-state index contributed by atoms with van der Waals surface area (Å²) in [5.74, 6) is 2.89. The van der Waals surface area contributed by atoms with Crippen molar-refractivity contribution in [2.24, 2.45) is 0 Å². The zero-order valence-corrected chi connectivity index (χ0v) is 38.0. The topological polar surface area (TPSA) is 35.8 Å². The second kappa shape index (κ2) is 14.8. The molecule has 1 aliphatic rings. The Morgan fingerprint density at radius 1 is 0.444 bits per heavy atom. The Labute approximate surface area is 374 Å². The standard InChI is InChI=1S/C57H48N2O2S2/c1-56(2,3)45-33-31-39(35-43(45)41-23-18-30-52-53(41)61-51-29-16-15-28-50(51)60-52)63(37-19-9-7-10-20-37,38-21-11-8-12-22-38)40-32-34-46(57(4,5)6)44(36-40)42-24-17-27-49-54(42)62-55-58-47-25-13-14-26-48(47)59(49)55/h7-36H,1-6H3. The highest BCUT2D eigenvalue weighted by Gasteiger charge is 2.37. The fourth-order valence-corrected chi connectivity index (χ4v) is 14.5. The first-order valence-corrected chi connectivity index (χ1v) is 24.0. The summed E-state index contributed by atoms with van der Waals surface area (Å²) >= 11 is 1.78. The molecule has 0 fully saturated rings. The smallest absolute Gasteiger partial charge is 0.195 e. The van der Waals surface area contributed by atoms with Gasteiger partial charge >= 0.3 is 0 Å². The molecule has 0 saturated heterocycles. The fraction of sp³-hybridized carbons (Fsp3) is 0.140. The summed E-state index contributed by atoms with van der Waals surface area (Å²) in [7, 11) is -2.15. The number of fused-ring (bicyclic) bond motifs is 7. The van der Waals surface area contributed by atoms with Crippen LogP contribution in [0.5, 0.6) is 23.0 Å². The molecule has 0 amide bonds. The molecule has 0 radical (unpaired) electrons. The normalized spacial score (nSPS) is 13.1. The predicted octanol–water partition coefficient (Wildman–Crippen LogP) is 16.9. The molecule has 0 saturated carbocycles. The van der Waals surface area contributed by atoms with Crippen LogP contribution in [0.4, 0.5) is 0 Å². The van der Waals surface area contributed by atoms with Crippen LogP contribution in [0.25, 0.3) is 48.5 Å². The lowest BCUT2D eigenvalue weighted by molar-refractivity contribution is 0.360. The highest BCUT2D eigenvalue weighted by molar-refractivity contribution is 8.34. The maximum absolute atomic E-state index is 6.77. The first-order valence-electron chi connectivity index (χ1n) is 21.6. The predicted molar refractivity (Wildman–Crippen MR) is 263 cm³/mol. The highest BCUT2D eigenvalue weighted by Crippen LogP contribution is 2.74. The minimum Gasteiger partial charge on any atom is -0.449 e. The zero-order chi connectivity index (χ0) is 43.1. The van der Waals surface area contributed by atoms with E-state index in [2.05, 4.69) is 198 Å². The number of hydrogen-bond acceptors (Lipinski definition) is 4. The van der Waals surface area contributed by atoms with Gasteiger partial charge < -0.3 is 9.47 Å². The molecule has 0 atom stereocenters. The molecule has 10 aromatic rings. The molecule has 6 heteroatoms. The molecule has 0 aliphatic carbocycles. The molecule has 0 spiro atoms. The van der Waals surface area contributed by atoms with Crippen molar-refractivity contribution in [2.45, 2.75) is 72.0 Å². The Hall–Kier alpha value is -6.60. The van der Waals surface area contributed by atoms with Crippen LogP contribution in [0.1, 0.15) is 52.7 Å². The Morgan fingerprint density at radius 3 is 1.59 bits per heavy atom. The van der Waals surface area contributed by atoms with Gasteiger partial charge in [0.1, 0.15) is 0 Å². The molecule has 8 aromatic carbocycles. The van der Waals surface area contributed by atoms with E-state index in [0.29, 0.717) is 11.5 Å². The lowest BCUT2D eigenvalue weighted by Crippen LogP contribution is -2.15. The van der Waals surface area contributed by atoms with Crippen molar-refractivity contribution in [2.75, 3.05) is 0 Å². The fourth-order valence-electron chi connectivity index (χ4n) is 9.42. The van der Waals surface area contributed by atoms with Gasteiger partial charge in [-0.3, -0.25) is 4.40 Å². The Kier molecular flexibility index (Phi) is 9.20. The average molecular weight is 857 g/mol. The molecule has 1 aliphatic heterocycles. The SMILES string of the molecule is CC(C)(C)c1ccc(S(c2ccccc2)(c2ccccc2)c2ccc(C(C)(C)C)c(-c3cccc4c3sc3nc5ccccc5n34)c2)cc1-c1cccc2c1Oc1ccccc1O2. The third kappa shape index (κ3) is 6.38. The number of benzene rings is 8. The minimum atomic E-state index is -2.15. The Bertz CT molecular complexity index is 3330. The summed E-state index contributed by atoms with van der Waals surface area (Å²) in [6, 6.07) is 66.3. The minimum absolute atomic E-state index is 0.133. The van der Waals surface area contributed by atoms with Crippen molar-refractivity contribution in [3.8, 4) is 45.3 Å². The van der Waals surface area contributed by atoms with E-state index < -0.39 is 10.0 Å². The van der Waals surface area contributed by atoms with Crippen LogP contribution < -0.4 is 9.47 Å². The van der Waals surface area contributed by atoms with E-state index in [1.807, 2.05) is 30.3 Å². The lowest BCUT2D eigenvalue weighted by Gasteiger charge is -2.43. The zero-order valence-electron chi connectivity index (χ0n) is 36.3. The molecule has 2 aromatic heterocycles. The van der Waals surface area contributed by atoms with E-state index in [0.717, 1.165) is 38.6 Å².